The van der Waals surface area contributed by atoms with Crippen molar-refractivity contribution in [3.05, 3.63) is 33.8 Å². The van der Waals surface area contributed by atoms with Crippen molar-refractivity contribution in [1.82, 2.24) is 4.90 Å². The molecule has 1 aliphatic rings. The maximum atomic E-state index is 12.6. The van der Waals surface area contributed by atoms with Crippen LogP contribution in [0.4, 0.5) is 0 Å². The second kappa shape index (κ2) is 6.96. The Morgan fingerprint density at radius 3 is 2.84 bits per heavy atom. The zero-order valence-electron chi connectivity index (χ0n) is 10.5. The zero-order chi connectivity index (χ0) is 13.8. The number of hydrogen-bond donors (Lipinski definition) is 0. The summed E-state index contributed by atoms with van der Waals surface area (Å²) in [5.41, 5.74) is 0.549. The Kier molecular flexibility index (Phi) is 5.55. The number of carbonyl (C=O) groups excluding carboxylic acids is 1. The molecule has 0 radical (unpaired) electrons. The van der Waals surface area contributed by atoms with Gasteiger partial charge in [-0.1, -0.05) is 39.1 Å². The molecular formula is C14H16BrCl2NO. The lowest BCUT2D eigenvalue weighted by molar-refractivity contribution is 0.0610. The summed E-state index contributed by atoms with van der Waals surface area (Å²) in [4.78, 5) is 14.6. The van der Waals surface area contributed by atoms with Crippen LogP contribution in [0.3, 0.4) is 0 Å². The van der Waals surface area contributed by atoms with Crippen LogP contribution in [0.15, 0.2) is 18.2 Å². The van der Waals surface area contributed by atoms with E-state index in [1.807, 2.05) is 4.90 Å². The fraction of sp³-hybridized carbons (Fsp3) is 0.500. The lowest BCUT2D eigenvalue weighted by atomic mass is 9.99. The second-order valence-electron chi connectivity index (χ2n) is 4.75. The van der Waals surface area contributed by atoms with Gasteiger partial charge >= 0.3 is 0 Å². The molecule has 1 saturated heterocycles. The minimum absolute atomic E-state index is 0.0207. The van der Waals surface area contributed by atoms with E-state index in [9.17, 15) is 4.79 Å². The van der Waals surface area contributed by atoms with E-state index in [1.165, 1.54) is 6.42 Å². The van der Waals surface area contributed by atoms with Crippen molar-refractivity contribution in [2.75, 3.05) is 11.9 Å². The minimum atomic E-state index is 0.0207. The maximum absolute atomic E-state index is 12.6. The third-order valence-electron chi connectivity index (χ3n) is 3.49. The molecule has 5 heteroatoms. The van der Waals surface area contributed by atoms with Crippen molar-refractivity contribution < 1.29 is 4.79 Å². The van der Waals surface area contributed by atoms with Gasteiger partial charge in [-0.2, -0.15) is 0 Å². The van der Waals surface area contributed by atoms with Gasteiger partial charge in [-0.3, -0.25) is 4.79 Å². The summed E-state index contributed by atoms with van der Waals surface area (Å²) in [5.74, 6) is 0.0207. The Morgan fingerprint density at radius 2 is 2.16 bits per heavy atom. The molecule has 1 fully saturated rings. The first-order valence-corrected chi connectivity index (χ1v) is 8.33. The third kappa shape index (κ3) is 3.65. The van der Waals surface area contributed by atoms with E-state index in [-0.39, 0.29) is 5.91 Å². The van der Waals surface area contributed by atoms with E-state index in [1.54, 1.807) is 18.2 Å². The molecule has 0 bridgehead atoms. The summed E-state index contributed by atoms with van der Waals surface area (Å²) in [6, 6.07) is 5.36. The van der Waals surface area contributed by atoms with Crippen LogP contribution in [0, 0.1) is 0 Å². The number of benzene rings is 1. The van der Waals surface area contributed by atoms with Gasteiger partial charge in [-0.25, -0.2) is 0 Å². The number of alkyl halides is 1. The first-order valence-electron chi connectivity index (χ1n) is 6.45. The van der Waals surface area contributed by atoms with Crippen LogP contribution in [0.2, 0.25) is 10.0 Å². The maximum Gasteiger partial charge on any atom is 0.255 e. The van der Waals surface area contributed by atoms with Gasteiger partial charge in [-0.15, -0.1) is 0 Å². The van der Waals surface area contributed by atoms with Crippen LogP contribution >= 0.6 is 39.1 Å². The average molecular weight is 365 g/mol. The van der Waals surface area contributed by atoms with E-state index < -0.39 is 0 Å². The van der Waals surface area contributed by atoms with Gasteiger partial charge in [0.25, 0.3) is 5.91 Å². The number of rotatable bonds is 3. The predicted octanol–water partition coefficient (Wildman–Crippen LogP) is 4.77. The van der Waals surface area contributed by atoms with Gasteiger partial charge in [0.1, 0.15) is 0 Å². The largest absolute Gasteiger partial charge is 0.336 e. The summed E-state index contributed by atoms with van der Waals surface area (Å²) in [5, 5.41) is 1.90. The van der Waals surface area contributed by atoms with Crippen molar-refractivity contribution in [2.24, 2.45) is 0 Å². The molecule has 0 saturated carbocycles. The quantitative estimate of drug-likeness (QED) is 0.707. The van der Waals surface area contributed by atoms with Gasteiger partial charge in [0.2, 0.25) is 0 Å². The fourth-order valence-corrected chi connectivity index (χ4v) is 3.53. The number of hydrogen-bond acceptors (Lipinski definition) is 1. The summed E-state index contributed by atoms with van der Waals surface area (Å²) < 4.78 is 0. The molecule has 0 spiro atoms. The Morgan fingerprint density at radius 1 is 1.37 bits per heavy atom. The van der Waals surface area contributed by atoms with Crippen LogP contribution in [-0.2, 0) is 0 Å². The highest BCUT2D eigenvalue weighted by Gasteiger charge is 2.27. The number of nitrogens with zero attached hydrogens (tertiary/aromatic N) is 1. The van der Waals surface area contributed by atoms with Crippen molar-refractivity contribution in [3.63, 3.8) is 0 Å². The van der Waals surface area contributed by atoms with Gasteiger partial charge in [0.15, 0.2) is 0 Å². The van der Waals surface area contributed by atoms with Crippen LogP contribution < -0.4 is 0 Å². The fourth-order valence-electron chi connectivity index (χ4n) is 2.51. The van der Waals surface area contributed by atoms with Crippen molar-refractivity contribution in [3.8, 4) is 0 Å². The smallest absolute Gasteiger partial charge is 0.255 e. The molecule has 19 heavy (non-hydrogen) atoms. The summed E-state index contributed by atoms with van der Waals surface area (Å²) in [6.45, 7) is 0.815. The monoisotopic (exact) mass is 363 g/mol. The number of likely N-dealkylation sites (tertiary alicyclic amines) is 1. The second-order valence-corrected chi connectivity index (χ2v) is 6.39. The molecule has 1 aromatic carbocycles. The highest BCUT2D eigenvalue weighted by atomic mass is 79.9. The molecule has 0 N–H and O–H groups in total. The van der Waals surface area contributed by atoms with Gasteiger partial charge in [0.05, 0.1) is 10.6 Å². The summed E-state index contributed by atoms with van der Waals surface area (Å²) >= 11 is 15.5. The van der Waals surface area contributed by atoms with Crippen molar-refractivity contribution in [2.45, 2.75) is 31.7 Å². The summed E-state index contributed by atoms with van der Waals surface area (Å²) in [7, 11) is 0. The normalized spacial score (nSPS) is 19.5. The first kappa shape index (κ1) is 15.1. The topological polar surface area (TPSA) is 20.3 Å². The minimum Gasteiger partial charge on any atom is -0.336 e. The standard InChI is InChI=1S/C14H16BrCl2NO/c15-7-6-11-3-1-2-8-18(11)14(19)12-5-4-10(16)9-13(12)17/h4-5,9,11H,1-3,6-8H2. The average Bonchev–Trinajstić information content (AvgIpc) is 2.39. The van der Waals surface area contributed by atoms with Crippen LogP contribution in [0.25, 0.3) is 0 Å². The van der Waals surface area contributed by atoms with E-state index >= 15 is 0 Å². The lowest BCUT2D eigenvalue weighted by Gasteiger charge is -2.35. The Hall–Kier alpha value is -0.250. The molecule has 2 nitrogen and oxygen atoms in total. The third-order valence-corrected chi connectivity index (χ3v) is 4.50. The SMILES string of the molecule is O=C(c1ccc(Cl)cc1Cl)N1CCCCC1CCBr. The highest BCUT2D eigenvalue weighted by molar-refractivity contribution is 9.09. The highest BCUT2D eigenvalue weighted by Crippen LogP contribution is 2.27. The van der Waals surface area contributed by atoms with Crippen molar-refractivity contribution in [1.29, 1.82) is 0 Å². The van der Waals surface area contributed by atoms with Gasteiger partial charge < -0.3 is 4.90 Å². The van der Waals surface area contributed by atoms with Gasteiger partial charge in [-0.05, 0) is 43.9 Å². The Bertz CT molecular complexity index is 465. The zero-order valence-corrected chi connectivity index (χ0v) is 13.6. The van der Waals surface area contributed by atoms with Crippen LogP contribution in [0.5, 0.6) is 0 Å². The molecular weight excluding hydrogens is 349 g/mol. The predicted molar refractivity (Wildman–Crippen MR) is 83.5 cm³/mol. The Balaban J connectivity index is 2.21. The van der Waals surface area contributed by atoms with E-state index in [0.29, 0.717) is 21.7 Å². The number of amides is 1. The molecule has 1 aliphatic heterocycles. The van der Waals surface area contributed by atoms with Crippen molar-refractivity contribution >= 4 is 45.0 Å². The molecule has 1 unspecified atom stereocenters. The number of carbonyl (C=O) groups is 1. The molecule has 1 atom stereocenters. The first-order chi connectivity index (χ1) is 9.13. The van der Waals surface area contributed by atoms with E-state index in [2.05, 4.69) is 15.9 Å². The van der Waals surface area contributed by atoms with E-state index in [4.69, 9.17) is 23.2 Å². The lowest BCUT2D eigenvalue weighted by Crippen LogP contribution is -2.44. The van der Waals surface area contributed by atoms with Gasteiger partial charge in [0, 0.05) is 22.9 Å². The number of piperidine rings is 1. The molecule has 1 heterocycles. The Labute approximate surface area is 132 Å². The molecule has 0 aliphatic carbocycles. The van der Waals surface area contributed by atoms with Crippen LogP contribution in [0.1, 0.15) is 36.0 Å². The molecule has 1 aromatic rings. The summed E-state index contributed by atoms with van der Waals surface area (Å²) in [6.07, 6.45) is 4.31. The molecule has 0 aromatic heterocycles. The van der Waals surface area contributed by atoms with E-state index in [0.717, 1.165) is 31.1 Å². The molecule has 104 valence electrons. The van der Waals surface area contributed by atoms with Crippen LogP contribution in [-0.4, -0.2) is 28.7 Å². The molecule has 2 rings (SSSR count). The molecule has 1 amide bonds. The number of halogens is 3.